The summed E-state index contributed by atoms with van der Waals surface area (Å²) < 4.78 is 0. The highest BCUT2D eigenvalue weighted by Gasteiger charge is 2.20. The summed E-state index contributed by atoms with van der Waals surface area (Å²) >= 11 is 2.10. The monoisotopic (exact) mass is 229 g/mol. The molecule has 0 atom stereocenters. The summed E-state index contributed by atoms with van der Waals surface area (Å²) in [6.45, 7) is 1.21. The molecular formula is C12H23NOS. The van der Waals surface area contributed by atoms with E-state index in [-0.39, 0.29) is 6.10 Å². The first-order valence-corrected chi connectivity index (χ1v) is 7.49. The molecule has 1 heterocycles. The molecule has 2 nitrogen and oxygen atoms in total. The molecule has 0 spiro atoms. The van der Waals surface area contributed by atoms with Crippen molar-refractivity contribution in [1.82, 2.24) is 5.32 Å². The molecule has 2 N–H and O–H groups in total. The van der Waals surface area contributed by atoms with Gasteiger partial charge in [0.05, 0.1) is 6.10 Å². The molecule has 1 saturated carbocycles. The Morgan fingerprint density at radius 1 is 1.00 bits per heavy atom. The molecule has 2 aliphatic rings. The van der Waals surface area contributed by atoms with Gasteiger partial charge in [-0.25, -0.2) is 0 Å². The first-order chi connectivity index (χ1) is 7.34. The topological polar surface area (TPSA) is 32.3 Å². The molecule has 0 aromatic carbocycles. The van der Waals surface area contributed by atoms with Crippen molar-refractivity contribution in [3.63, 3.8) is 0 Å². The molecule has 1 saturated heterocycles. The van der Waals surface area contributed by atoms with E-state index in [1.54, 1.807) is 0 Å². The molecule has 0 aromatic heterocycles. The Kier molecular flexibility index (Phi) is 4.79. The fourth-order valence-electron chi connectivity index (χ4n) is 2.56. The van der Waals surface area contributed by atoms with Crippen molar-refractivity contribution in [3.05, 3.63) is 0 Å². The van der Waals surface area contributed by atoms with Crippen LogP contribution in [0, 0.1) is 5.92 Å². The van der Waals surface area contributed by atoms with Crippen molar-refractivity contribution >= 4 is 11.8 Å². The van der Waals surface area contributed by atoms with E-state index < -0.39 is 0 Å². The number of rotatable bonds is 3. The number of hydrogen-bond acceptors (Lipinski definition) is 3. The molecule has 0 aromatic rings. The van der Waals surface area contributed by atoms with Gasteiger partial charge in [-0.3, -0.25) is 0 Å². The molecule has 1 aliphatic heterocycles. The molecule has 2 rings (SSSR count). The Morgan fingerprint density at radius 3 is 2.33 bits per heavy atom. The van der Waals surface area contributed by atoms with Gasteiger partial charge < -0.3 is 10.4 Å². The van der Waals surface area contributed by atoms with Crippen LogP contribution in [0.25, 0.3) is 0 Å². The predicted octanol–water partition coefficient (Wildman–Crippen LogP) is 2.02. The Morgan fingerprint density at radius 2 is 1.67 bits per heavy atom. The lowest BCUT2D eigenvalue weighted by atomic mass is 9.92. The normalized spacial score (nSPS) is 34.2. The lowest BCUT2D eigenvalue weighted by molar-refractivity contribution is 0.115. The second kappa shape index (κ2) is 6.12. The van der Waals surface area contributed by atoms with Gasteiger partial charge in [-0.1, -0.05) is 0 Å². The van der Waals surface area contributed by atoms with Crippen LogP contribution in [0.5, 0.6) is 0 Å². The van der Waals surface area contributed by atoms with Crippen molar-refractivity contribution in [1.29, 1.82) is 0 Å². The summed E-state index contributed by atoms with van der Waals surface area (Å²) in [5.74, 6) is 3.63. The molecule has 88 valence electrons. The van der Waals surface area contributed by atoms with Gasteiger partial charge in [0.1, 0.15) is 0 Å². The Balaban J connectivity index is 1.60. The maximum absolute atomic E-state index is 9.41. The molecule has 0 radical (unpaired) electrons. The highest BCUT2D eigenvalue weighted by atomic mass is 32.2. The Bertz CT molecular complexity index is 174. The van der Waals surface area contributed by atoms with Gasteiger partial charge in [0.15, 0.2) is 0 Å². The summed E-state index contributed by atoms with van der Waals surface area (Å²) in [6, 6.07) is 0.683. The van der Waals surface area contributed by atoms with Gasteiger partial charge >= 0.3 is 0 Å². The average Bonchev–Trinajstić information content (AvgIpc) is 2.30. The number of hydrogen-bond donors (Lipinski definition) is 2. The zero-order valence-corrected chi connectivity index (χ0v) is 10.3. The Hall–Kier alpha value is 0.270. The maximum Gasteiger partial charge on any atom is 0.0541 e. The van der Waals surface area contributed by atoms with Crippen LogP contribution in [0.2, 0.25) is 0 Å². The van der Waals surface area contributed by atoms with Gasteiger partial charge in [0, 0.05) is 6.04 Å². The molecule has 15 heavy (non-hydrogen) atoms. The van der Waals surface area contributed by atoms with Crippen molar-refractivity contribution in [3.8, 4) is 0 Å². The van der Waals surface area contributed by atoms with Crippen LogP contribution in [0.4, 0.5) is 0 Å². The highest BCUT2D eigenvalue weighted by molar-refractivity contribution is 7.99. The first-order valence-electron chi connectivity index (χ1n) is 6.34. The Labute approximate surface area is 97.2 Å². The van der Waals surface area contributed by atoms with E-state index in [0.717, 1.165) is 18.8 Å². The quantitative estimate of drug-likeness (QED) is 0.776. The van der Waals surface area contributed by atoms with Crippen LogP contribution in [-0.4, -0.2) is 35.3 Å². The fraction of sp³-hybridized carbons (Fsp3) is 1.00. The number of thioether (sulfide) groups is 1. The SMILES string of the molecule is OC1CCC(NCC2CCSCC2)CC1. The molecule has 3 heteroatoms. The van der Waals surface area contributed by atoms with Gasteiger partial charge in [-0.2, -0.15) is 11.8 Å². The highest BCUT2D eigenvalue weighted by Crippen LogP contribution is 2.23. The van der Waals surface area contributed by atoms with Crippen LogP contribution < -0.4 is 5.32 Å². The summed E-state index contributed by atoms with van der Waals surface area (Å²) in [5, 5.41) is 13.1. The fourth-order valence-corrected chi connectivity index (χ4v) is 3.77. The van der Waals surface area contributed by atoms with E-state index in [1.165, 1.54) is 43.7 Å². The average molecular weight is 229 g/mol. The summed E-state index contributed by atoms with van der Waals surface area (Å²) in [5.41, 5.74) is 0. The van der Waals surface area contributed by atoms with Crippen LogP contribution in [0.15, 0.2) is 0 Å². The second-order valence-electron chi connectivity index (χ2n) is 4.97. The minimum Gasteiger partial charge on any atom is -0.393 e. The zero-order valence-electron chi connectivity index (χ0n) is 9.45. The summed E-state index contributed by atoms with van der Waals surface area (Å²) in [6.07, 6.45) is 7.11. The van der Waals surface area contributed by atoms with E-state index >= 15 is 0 Å². The summed E-state index contributed by atoms with van der Waals surface area (Å²) in [4.78, 5) is 0. The standard InChI is InChI=1S/C12H23NOS/c14-12-3-1-11(2-4-12)13-9-10-5-7-15-8-6-10/h10-14H,1-9H2. The third-order valence-electron chi connectivity index (χ3n) is 3.73. The van der Waals surface area contributed by atoms with Crippen molar-refractivity contribution in [2.24, 2.45) is 5.92 Å². The second-order valence-corrected chi connectivity index (χ2v) is 6.19. The molecule has 0 amide bonds. The van der Waals surface area contributed by atoms with Gasteiger partial charge in [-0.05, 0) is 62.5 Å². The third-order valence-corrected chi connectivity index (χ3v) is 4.78. The van der Waals surface area contributed by atoms with Crippen LogP contribution >= 0.6 is 11.8 Å². The minimum absolute atomic E-state index is 0.0193. The summed E-state index contributed by atoms with van der Waals surface area (Å²) in [7, 11) is 0. The molecule has 0 unspecified atom stereocenters. The maximum atomic E-state index is 9.41. The van der Waals surface area contributed by atoms with E-state index in [2.05, 4.69) is 17.1 Å². The van der Waals surface area contributed by atoms with Gasteiger partial charge in [0.2, 0.25) is 0 Å². The molecule has 0 bridgehead atoms. The largest absolute Gasteiger partial charge is 0.393 e. The molecule has 2 fully saturated rings. The van der Waals surface area contributed by atoms with Crippen molar-refractivity contribution < 1.29 is 5.11 Å². The lowest BCUT2D eigenvalue weighted by Crippen LogP contribution is -2.38. The first kappa shape index (κ1) is 11.7. The smallest absolute Gasteiger partial charge is 0.0541 e. The van der Waals surface area contributed by atoms with Gasteiger partial charge in [0.25, 0.3) is 0 Å². The predicted molar refractivity (Wildman–Crippen MR) is 66.3 cm³/mol. The van der Waals surface area contributed by atoms with Crippen molar-refractivity contribution in [2.75, 3.05) is 18.1 Å². The van der Waals surface area contributed by atoms with Crippen LogP contribution in [0.1, 0.15) is 38.5 Å². The lowest BCUT2D eigenvalue weighted by Gasteiger charge is -2.29. The molecular weight excluding hydrogens is 206 g/mol. The van der Waals surface area contributed by atoms with E-state index in [4.69, 9.17) is 0 Å². The van der Waals surface area contributed by atoms with Crippen molar-refractivity contribution in [2.45, 2.75) is 50.7 Å². The number of aliphatic hydroxyl groups excluding tert-OH is 1. The third kappa shape index (κ3) is 3.97. The number of nitrogens with one attached hydrogen (secondary N) is 1. The van der Waals surface area contributed by atoms with E-state index in [1.807, 2.05) is 0 Å². The minimum atomic E-state index is -0.0193. The van der Waals surface area contributed by atoms with Crippen LogP contribution in [-0.2, 0) is 0 Å². The zero-order chi connectivity index (χ0) is 10.5. The van der Waals surface area contributed by atoms with E-state index in [9.17, 15) is 5.11 Å². The molecule has 1 aliphatic carbocycles. The number of aliphatic hydroxyl groups is 1. The van der Waals surface area contributed by atoms with Crippen LogP contribution in [0.3, 0.4) is 0 Å². The van der Waals surface area contributed by atoms with Gasteiger partial charge in [-0.15, -0.1) is 0 Å². The van der Waals surface area contributed by atoms with E-state index in [0.29, 0.717) is 6.04 Å².